The number of halogens is 1. The molecule has 0 aliphatic rings. The van der Waals surface area contributed by atoms with Gasteiger partial charge in [0.05, 0.1) is 11.7 Å². The maximum Gasteiger partial charge on any atom is 0.145 e. The number of rotatable bonds is 5. The smallest absolute Gasteiger partial charge is 0.145 e. The fourth-order valence-electron chi connectivity index (χ4n) is 2.19. The number of hydrogen-bond donors (Lipinski definition) is 1. The summed E-state index contributed by atoms with van der Waals surface area (Å²) in [6, 6.07) is 0.0426. The zero-order valence-electron chi connectivity index (χ0n) is 12.3. The molecule has 0 saturated carbocycles. The van der Waals surface area contributed by atoms with E-state index in [1.165, 1.54) is 0 Å². The van der Waals surface area contributed by atoms with Crippen LogP contribution in [0.15, 0.2) is 12.4 Å². The van der Waals surface area contributed by atoms with Crippen molar-refractivity contribution in [1.29, 1.82) is 0 Å². The summed E-state index contributed by atoms with van der Waals surface area (Å²) >= 11 is 6.30. The first-order valence-corrected chi connectivity index (χ1v) is 7.10. The fraction of sp³-hybridized carbons (Fsp3) is 0.500. The minimum Gasteiger partial charge on any atom is -0.307 e. The topological polar surface area (TPSA) is 55.6 Å². The molecule has 2 rings (SSSR count). The molecular formula is C14H20ClN5. The highest BCUT2D eigenvalue weighted by molar-refractivity contribution is 6.30. The number of likely N-dealkylation sites (N-methyl/N-ethyl adjacent to an activating group) is 1. The van der Waals surface area contributed by atoms with E-state index in [1.54, 1.807) is 4.68 Å². The van der Waals surface area contributed by atoms with E-state index in [4.69, 9.17) is 11.6 Å². The number of aromatic nitrogens is 4. The van der Waals surface area contributed by atoms with E-state index in [-0.39, 0.29) is 6.04 Å². The van der Waals surface area contributed by atoms with E-state index in [9.17, 15) is 0 Å². The van der Waals surface area contributed by atoms with Gasteiger partial charge in [-0.3, -0.25) is 4.68 Å². The Labute approximate surface area is 124 Å². The fourth-order valence-corrected chi connectivity index (χ4v) is 2.45. The average Bonchev–Trinajstić information content (AvgIpc) is 2.65. The van der Waals surface area contributed by atoms with Crippen LogP contribution in [0.1, 0.15) is 35.6 Å². The van der Waals surface area contributed by atoms with Crippen molar-refractivity contribution in [2.75, 3.05) is 6.54 Å². The summed E-state index contributed by atoms with van der Waals surface area (Å²) in [5, 5.41) is 8.44. The molecule has 0 amide bonds. The Hall–Kier alpha value is -1.46. The lowest BCUT2D eigenvalue weighted by atomic mass is 10.1. The van der Waals surface area contributed by atoms with Gasteiger partial charge >= 0.3 is 0 Å². The molecule has 0 aliphatic heterocycles. The van der Waals surface area contributed by atoms with Gasteiger partial charge in [0.15, 0.2) is 0 Å². The van der Waals surface area contributed by atoms with Crippen molar-refractivity contribution >= 4 is 11.6 Å². The summed E-state index contributed by atoms with van der Waals surface area (Å²) in [7, 11) is 1.85. The highest BCUT2D eigenvalue weighted by Gasteiger charge is 2.19. The lowest BCUT2D eigenvalue weighted by Gasteiger charge is -2.16. The average molecular weight is 294 g/mol. The molecule has 0 saturated heterocycles. The lowest BCUT2D eigenvalue weighted by molar-refractivity contribution is 0.520. The number of nitrogens with one attached hydrogen (secondary N) is 1. The molecule has 1 N–H and O–H groups in total. The minimum atomic E-state index is 0.0426. The van der Waals surface area contributed by atoms with Crippen molar-refractivity contribution in [2.45, 2.75) is 33.2 Å². The largest absolute Gasteiger partial charge is 0.307 e. The van der Waals surface area contributed by atoms with Gasteiger partial charge in [-0.1, -0.05) is 18.5 Å². The van der Waals surface area contributed by atoms with Crippen LogP contribution in [0.3, 0.4) is 0 Å². The van der Waals surface area contributed by atoms with E-state index in [0.29, 0.717) is 5.15 Å². The Kier molecular flexibility index (Phi) is 4.73. The molecule has 5 nitrogen and oxygen atoms in total. The predicted molar refractivity (Wildman–Crippen MR) is 79.8 cm³/mol. The van der Waals surface area contributed by atoms with Gasteiger partial charge in [-0.25, -0.2) is 9.97 Å². The van der Waals surface area contributed by atoms with Gasteiger partial charge in [-0.15, -0.1) is 0 Å². The summed E-state index contributed by atoms with van der Waals surface area (Å²) in [5.74, 6) is 0.789. The Bertz CT molecular complexity index is 576. The van der Waals surface area contributed by atoms with E-state index in [0.717, 1.165) is 35.6 Å². The minimum absolute atomic E-state index is 0.0426. The molecule has 2 heterocycles. The van der Waals surface area contributed by atoms with Gasteiger partial charge in [0.2, 0.25) is 0 Å². The predicted octanol–water partition coefficient (Wildman–Crippen LogP) is 2.37. The van der Waals surface area contributed by atoms with Gasteiger partial charge in [0.25, 0.3) is 0 Å². The molecular weight excluding hydrogens is 274 g/mol. The summed E-state index contributed by atoms with van der Waals surface area (Å²) in [4.78, 5) is 8.83. The number of aryl methyl sites for hydroxylation is 3. The quantitative estimate of drug-likeness (QED) is 0.919. The van der Waals surface area contributed by atoms with Crippen LogP contribution >= 0.6 is 11.6 Å². The zero-order valence-corrected chi connectivity index (χ0v) is 13.1. The normalized spacial score (nSPS) is 12.7. The highest BCUT2D eigenvalue weighted by Crippen LogP contribution is 2.24. The first-order valence-electron chi connectivity index (χ1n) is 6.72. The van der Waals surface area contributed by atoms with Gasteiger partial charge in [0.1, 0.15) is 11.0 Å². The van der Waals surface area contributed by atoms with Gasteiger partial charge in [-0.2, -0.15) is 5.10 Å². The Morgan fingerprint density at radius 1 is 1.30 bits per heavy atom. The van der Waals surface area contributed by atoms with Crippen molar-refractivity contribution in [2.24, 2.45) is 7.05 Å². The van der Waals surface area contributed by atoms with Gasteiger partial charge in [0, 0.05) is 25.0 Å². The molecule has 1 atom stereocenters. The second-order valence-electron chi connectivity index (χ2n) is 4.91. The molecule has 0 bridgehead atoms. The van der Waals surface area contributed by atoms with Crippen molar-refractivity contribution in [3.05, 3.63) is 40.2 Å². The maximum absolute atomic E-state index is 6.30. The van der Waals surface area contributed by atoms with Crippen LogP contribution in [-0.2, 0) is 13.5 Å². The third kappa shape index (κ3) is 3.16. The van der Waals surface area contributed by atoms with Crippen molar-refractivity contribution < 1.29 is 0 Å². The Balaban J connectivity index is 2.27. The number of hydrogen-bond acceptors (Lipinski definition) is 4. The van der Waals surface area contributed by atoms with Crippen LogP contribution < -0.4 is 5.32 Å². The lowest BCUT2D eigenvalue weighted by Crippen LogP contribution is -2.25. The first-order chi connectivity index (χ1) is 9.52. The molecule has 20 heavy (non-hydrogen) atoms. The summed E-state index contributed by atoms with van der Waals surface area (Å²) in [5.41, 5.74) is 3.05. The van der Waals surface area contributed by atoms with Crippen molar-refractivity contribution in [1.82, 2.24) is 25.1 Å². The molecule has 2 aromatic rings. The molecule has 0 spiro atoms. The molecule has 1 unspecified atom stereocenters. The molecule has 6 heteroatoms. The maximum atomic E-state index is 6.30. The van der Waals surface area contributed by atoms with Gasteiger partial charge < -0.3 is 5.32 Å². The third-order valence-electron chi connectivity index (χ3n) is 3.24. The Morgan fingerprint density at radius 2 is 1.95 bits per heavy atom. The second kappa shape index (κ2) is 6.33. The van der Waals surface area contributed by atoms with Crippen molar-refractivity contribution in [3.8, 4) is 0 Å². The van der Waals surface area contributed by atoms with Crippen molar-refractivity contribution in [3.63, 3.8) is 0 Å². The standard InChI is InChI=1S/C14H20ClN5/c1-5-16-12(14-17-7-9(2)8-18-14)6-11-10(3)19-20(4)13(11)15/h7-8,12,16H,5-6H2,1-4H3. The SMILES string of the molecule is CCNC(Cc1c(C)nn(C)c1Cl)c1ncc(C)cn1. The zero-order chi connectivity index (χ0) is 14.7. The molecule has 2 aromatic heterocycles. The molecule has 0 radical (unpaired) electrons. The van der Waals surface area contributed by atoms with Crippen LogP contribution in [0, 0.1) is 13.8 Å². The molecule has 0 aliphatic carbocycles. The Morgan fingerprint density at radius 3 is 2.45 bits per heavy atom. The van der Waals surface area contributed by atoms with E-state index < -0.39 is 0 Å². The van der Waals surface area contributed by atoms with E-state index in [2.05, 4.69) is 27.3 Å². The van der Waals surface area contributed by atoms with Crippen LogP contribution in [0.5, 0.6) is 0 Å². The van der Waals surface area contributed by atoms with Crippen LogP contribution in [0.4, 0.5) is 0 Å². The van der Waals surface area contributed by atoms with Crippen LogP contribution in [0.25, 0.3) is 0 Å². The monoisotopic (exact) mass is 293 g/mol. The molecule has 108 valence electrons. The molecule has 0 fully saturated rings. The second-order valence-corrected chi connectivity index (χ2v) is 5.27. The summed E-state index contributed by atoms with van der Waals surface area (Å²) in [6.45, 7) is 6.87. The molecule has 0 aromatic carbocycles. The van der Waals surface area contributed by atoms with Crippen LogP contribution in [-0.4, -0.2) is 26.3 Å². The van der Waals surface area contributed by atoms with E-state index in [1.807, 2.05) is 33.3 Å². The number of nitrogens with zero attached hydrogens (tertiary/aromatic N) is 4. The summed E-state index contributed by atoms with van der Waals surface area (Å²) in [6.07, 6.45) is 4.41. The van der Waals surface area contributed by atoms with Gasteiger partial charge in [-0.05, 0) is 32.4 Å². The summed E-state index contributed by atoms with van der Waals surface area (Å²) < 4.78 is 1.70. The third-order valence-corrected chi connectivity index (χ3v) is 3.71. The first kappa shape index (κ1) is 14.9. The van der Waals surface area contributed by atoms with Crippen LogP contribution in [0.2, 0.25) is 5.15 Å². The van der Waals surface area contributed by atoms with E-state index >= 15 is 0 Å². The highest BCUT2D eigenvalue weighted by atomic mass is 35.5.